The van der Waals surface area contributed by atoms with E-state index >= 15 is 0 Å². The number of hydrogen-bond acceptors (Lipinski definition) is 5. The summed E-state index contributed by atoms with van der Waals surface area (Å²) in [4.78, 5) is 48.6. The lowest BCUT2D eigenvalue weighted by Gasteiger charge is -2.43. The SMILES string of the molecule is C=CCN(CCCCC)C(=O)C1N([C@@H](CO)[C@@H](C)CC)C(=O)[C@@H]2[C@H](C(=O)N(CC=C)CCC)[C@@H]3CC(C)C12S3. The van der Waals surface area contributed by atoms with Gasteiger partial charge in [0.25, 0.3) is 0 Å². The second kappa shape index (κ2) is 13.7. The van der Waals surface area contributed by atoms with Crippen LogP contribution in [0, 0.1) is 23.7 Å². The monoisotopic (exact) mass is 561 g/mol. The lowest BCUT2D eigenvalue weighted by molar-refractivity contribution is -0.148. The molecule has 8 heteroatoms. The zero-order valence-corrected chi connectivity index (χ0v) is 25.6. The number of nitrogens with zero attached hydrogens (tertiary/aromatic N) is 3. The largest absolute Gasteiger partial charge is 0.394 e. The van der Waals surface area contributed by atoms with Gasteiger partial charge in [-0.1, -0.05) is 66.0 Å². The normalized spacial score (nSPS) is 30.7. The molecule has 0 saturated carbocycles. The maximum absolute atomic E-state index is 14.6. The minimum atomic E-state index is -0.704. The Bertz CT molecular complexity index is 912. The summed E-state index contributed by atoms with van der Waals surface area (Å²) in [5, 5.41) is 10.6. The summed E-state index contributed by atoms with van der Waals surface area (Å²) < 4.78 is -0.684. The van der Waals surface area contributed by atoms with Crippen LogP contribution in [0.25, 0.3) is 0 Å². The standard InChI is InChI=1S/C31H51N3O4S/c1-8-13-14-18-33(17-11-4)30(38)27-31-22(7)19-24(39-31)25(28(36)32(15-9-2)16-10-3)26(31)29(37)34(27)23(20-35)21(6)12-5/h9,11,21-27,35H,2,4,8,10,12-20H2,1,3,5-7H3/t21-,22?,23-,24-,25+,26-,27?,31?/m0/s1. The van der Waals surface area contributed by atoms with Crippen LogP contribution in [0.15, 0.2) is 25.3 Å². The Labute approximate surface area is 240 Å². The number of hydrogen-bond donors (Lipinski definition) is 1. The van der Waals surface area contributed by atoms with Crippen molar-refractivity contribution in [1.82, 2.24) is 14.7 Å². The van der Waals surface area contributed by atoms with E-state index in [9.17, 15) is 19.5 Å². The Morgan fingerprint density at radius 2 is 1.74 bits per heavy atom. The molecule has 3 fully saturated rings. The number of aliphatic hydroxyl groups is 1. The van der Waals surface area contributed by atoms with Gasteiger partial charge in [0.15, 0.2) is 0 Å². The number of aliphatic hydroxyl groups excluding tert-OH is 1. The summed E-state index contributed by atoms with van der Waals surface area (Å²) >= 11 is 1.71. The quantitative estimate of drug-likeness (QED) is 0.224. The number of fused-ring (bicyclic) bond motifs is 1. The van der Waals surface area contributed by atoms with Crippen molar-refractivity contribution in [2.24, 2.45) is 23.7 Å². The van der Waals surface area contributed by atoms with E-state index in [4.69, 9.17) is 0 Å². The number of carbonyl (C=O) groups is 3. The third-order valence-corrected chi connectivity index (χ3v) is 11.5. The first kappa shape index (κ1) is 31.7. The second-order valence-electron chi connectivity index (χ2n) is 11.8. The van der Waals surface area contributed by atoms with E-state index in [0.29, 0.717) is 26.2 Å². The van der Waals surface area contributed by atoms with E-state index in [-0.39, 0.29) is 41.4 Å². The highest BCUT2D eigenvalue weighted by molar-refractivity contribution is 8.02. The van der Waals surface area contributed by atoms with Crippen LogP contribution in [-0.4, -0.2) is 92.4 Å². The average molecular weight is 562 g/mol. The number of amides is 3. The Hall–Kier alpha value is -1.80. The van der Waals surface area contributed by atoms with E-state index < -0.39 is 28.7 Å². The van der Waals surface area contributed by atoms with E-state index in [2.05, 4.69) is 27.0 Å². The Morgan fingerprint density at radius 1 is 1.10 bits per heavy atom. The molecule has 8 atom stereocenters. The van der Waals surface area contributed by atoms with Gasteiger partial charge in [-0.15, -0.1) is 24.9 Å². The van der Waals surface area contributed by atoms with Gasteiger partial charge in [0.05, 0.1) is 29.2 Å². The summed E-state index contributed by atoms with van der Waals surface area (Å²) in [6.45, 7) is 20.1. The topological polar surface area (TPSA) is 81.2 Å². The van der Waals surface area contributed by atoms with Gasteiger partial charge in [0.1, 0.15) is 6.04 Å². The van der Waals surface area contributed by atoms with Crippen molar-refractivity contribution in [3.05, 3.63) is 25.3 Å². The average Bonchev–Trinajstić information content (AvgIpc) is 3.51. The van der Waals surface area contributed by atoms with Crippen LogP contribution in [0.3, 0.4) is 0 Å². The fourth-order valence-corrected chi connectivity index (χ4v) is 9.69. The van der Waals surface area contributed by atoms with Gasteiger partial charge < -0.3 is 19.8 Å². The first-order valence-corrected chi connectivity index (χ1v) is 16.0. The third-order valence-electron chi connectivity index (χ3n) is 9.40. The number of unbranched alkanes of at least 4 members (excludes halogenated alkanes) is 2. The van der Waals surface area contributed by atoms with Gasteiger partial charge in [-0.05, 0) is 31.1 Å². The second-order valence-corrected chi connectivity index (χ2v) is 13.3. The Morgan fingerprint density at radius 3 is 2.28 bits per heavy atom. The fourth-order valence-electron chi connectivity index (χ4n) is 7.29. The molecular weight excluding hydrogens is 510 g/mol. The van der Waals surface area contributed by atoms with E-state index in [0.717, 1.165) is 38.5 Å². The number of rotatable bonds is 16. The molecule has 1 N–H and O–H groups in total. The smallest absolute Gasteiger partial charge is 0.247 e. The van der Waals surface area contributed by atoms with Crippen LogP contribution < -0.4 is 0 Å². The molecule has 3 amide bonds. The molecule has 0 aromatic carbocycles. The van der Waals surface area contributed by atoms with Crippen molar-refractivity contribution >= 4 is 29.5 Å². The molecule has 3 unspecified atom stereocenters. The zero-order valence-electron chi connectivity index (χ0n) is 24.8. The number of thioether (sulfide) groups is 1. The van der Waals surface area contributed by atoms with Crippen LogP contribution in [-0.2, 0) is 14.4 Å². The molecule has 2 bridgehead atoms. The van der Waals surface area contributed by atoms with Crippen LogP contribution >= 0.6 is 11.8 Å². The van der Waals surface area contributed by atoms with Crippen molar-refractivity contribution in [3.63, 3.8) is 0 Å². The zero-order chi connectivity index (χ0) is 28.9. The molecule has 0 aromatic rings. The molecule has 220 valence electrons. The van der Waals surface area contributed by atoms with Gasteiger partial charge >= 0.3 is 0 Å². The summed E-state index contributed by atoms with van der Waals surface area (Å²) in [5.41, 5.74) is 0. The lowest BCUT2D eigenvalue weighted by Crippen LogP contribution is -2.60. The lowest BCUT2D eigenvalue weighted by atomic mass is 9.65. The summed E-state index contributed by atoms with van der Waals surface area (Å²) in [6, 6.07) is -1.18. The van der Waals surface area contributed by atoms with Crippen molar-refractivity contribution in [2.75, 3.05) is 32.8 Å². The molecule has 0 aliphatic carbocycles. The highest BCUT2D eigenvalue weighted by Crippen LogP contribution is 2.69. The predicted octanol–water partition coefficient (Wildman–Crippen LogP) is 4.36. The van der Waals surface area contributed by atoms with E-state index in [1.165, 1.54) is 0 Å². The first-order valence-electron chi connectivity index (χ1n) is 15.1. The van der Waals surface area contributed by atoms with E-state index in [1.54, 1.807) is 28.8 Å². The minimum absolute atomic E-state index is 0.00408. The summed E-state index contributed by atoms with van der Waals surface area (Å²) in [6.07, 6.45) is 8.87. The highest BCUT2D eigenvalue weighted by atomic mass is 32.2. The molecule has 1 spiro atoms. The predicted molar refractivity (Wildman–Crippen MR) is 159 cm³/mol. The molecule has 0 aromatic heterocycles. The number of likely N-dealkylation sites (tertiary alicyclic amines) is 1. The fraction of sp³-hybridized carbons (Fsp3) is 0.774. The maximum atomic E-state index is 14.6. The van der Waals surface area contributed by atoms with Gasteiger partial charge in [-0.2, -0.15) is 0 Å². The van der Waals surface area contributed by atoms with Crippen LogP contribution in [0.1, 0.15) is 73.1 Å². The van der Waals surface area contributed by atoms with Gasteiger partial charge in [0.2, 0.25) is 17.7 Å². The Kier molecular flexibility index (Phi) is 11.2. The van der Waals surface area contributed by atoms with Crippen LogP contribution in [0.5, 0.6) is 0 Å². The molecule has 0 radical (unpaired) electrons. The van der Waals surface area contributed by atoms with Gasteiger partial charge in [-0.25, -0.2) is 0 Å². The van der Waals surface area contributed by atoms with Crippen molar-refractivity contribution in [3.8, 4) is 0 Å². The molecule has 3 aliphatic heterocycles. The van der Waals surface area contributed by atoms with Crippen molar-refractivity contribution in [1.29, 1.82) is 0 Å². The van der Waals surface area contributed by atoms with Gasteiger partial charge in [-0.3, -0.25) is 14.4 Å². The summed E-state index contributed by atoms with van der Waals surface area (Å²) in [5.74, 6) is -1.11. The first-order chi connectivity index (χ1) is 18.7. The molecule has 3 heterocycles. The molecule has 3 rings (SSSR count). The molecule has 39 heavy (non-hydrogen) atoms. The molecule has 3 saturated heterocycles. The maximum Gasteiger partial charge on any atom is 0.247 e. The third kappa shape index (κ3) is 5.57. The van der Waals surface area contributed by atoms with Crippen LogP contribution in [0.4, 0.5) is 0 Å². The highest BCUT2D eigenvalue weighted by Gasteiger charge is 2.77. The Balaban J connectivity index is 2.13. The van der Waals surface area contributed by atoms with E-state index in [1.807, 2.05) is 30.6 Å². The van der Waals surface area contributed by atoms with Crippen molar-refractivity contribution in [2.45, 2.75) is 95.2 Å². The van der Waals surface area contributed by atoms with Crippen LogP contribution in [0.2, 0.25) is 0 Å². The minimum Gasteiger partial charge on any atom is -0.394 e. The summed E-state index contributed by atoms with van der Waals surface area (Å²) in [7, 11) is 0. The molecule has 3 aliphatic rings. The van der Waals surface area contributed by atoms with Gasteiger partial charge in [0, 0.05) is 31.4 Å². The number of carbonyl (C=O) groups excluding carboxylic acids is 3. The molecule has 7 nitrogen and oxygen atoms in total. The molecular formula is C31H51N3O4S. The van der Waals surface area contributed by atoms with Crippen molar-refractivity contribution < 1.29 is 19.5 Å².